The lowest BCUT2D eigenvalue weighted by Crippen LogP contribution is -2.35. The highest BCUT2D eigenvalue weighted by Gasteiger charge is 2.34. The number of pyridine rings is 1. The molecule has 1 aliphatic heterocycles. The Morgan fingerprint density at radius 3 is 2.88 bits per heavy atom. The molecule has 88 valence electrons. The maximum atomic E-state index is 6.20. The first kappa shape index (κ1) is 12.0. The van der Waals surface area contributed by atoms with E-state index in [1.165, 1.54) is 5.56 Å². The van der Waals surface area contributed by atoms with Crippen molar-refractivity contribution in [2.45, 2.75) is 38.4 Å². The Morgan fingerprint density at radius 1 is 1.50 bits per heavy atom. The first-order valence-electron chi connectivity index (χ1n) is 5.71. The summed E-state index contributed by atoms with van der Waals surface area (Å²) in [6.07, 6.45) is 4.80. The van der Waals surface area contributed by atoms with E-state index in [0.717, 1.165) is 17.4 Å². The van der Waals surface area contributed by atoms with Crippen LogP contribution in [0.15, 0.2) is 22.9 Å². The van der Waals surface area contributed by atoms with Gasteiger partial charge in [-0.2, -0.15) is 0 Å². The van der Waals surface area contributed by atoms with Gasteiger partial charge in [0, 0.05) is 35.5 Å². The van der Waals surface area contributed by atoms with E-state index in [4.69, 9.17) is 5.73 Å². The van der Waals surface area contributed by atoms with Crippen LogP contribution >= 0.6 is 15.9 Å². The maximum Gasteiger partial charge on any atom is 0.0517 e. The van der Waals surface area contributed by atoms with Crippen LogP contribution in [0.5, 0.6) is 0 Å². The quantitative estimate of drug-likeness (QED) is 0.906. The van der Waals surface area contributed by atoms with E-state index in [1.807, 2.05) is 12.4 Å². The van der Waals surface area contributed by atoms with Crippen molar-refractivity contribution in [3.63, 3.8) is 0 Å². The Hall–Kier alpha value is -0.450. The highest BCUT2D eigenvalue weighted by Crippen LogP contribution is 2.33. The highest BCUT2D eigenvalue weighted by molar-refractivity contribution is 9.10. The molecule has 2 unspecified atom stereocenters. The Bertz CT molecular complexity index is 367. The van der Waals surface area contributed by atoms with Crippen LogP contribution in [0.3, 0.4) is 0 Å². The van der Waals surface area contributed by atoms with Gasteiger partial charge in [0.25, 0.3) is 0 Å². The van der Waals surface area contributed by atoms with Gasteiger partial charge in [0.2, 0.25) is 0 Å². The van der Waals surface area contributed by atoms with Crippen molar-refractivity contribution in [1.29, 1.82) is 0 Å². The number of rotatable bonds is 2. The summed E-state index contributed by atoms with van der Waals surface area (Å²) in [5.41, 5.74) is 7.42. The van der Waals surface area contributed by atoms with Gasteiger partial charge in [0.1, 0.15) is 0 Å². The molecule has 0 aromatic carbocycles. The van der Waals surface area contributed by atoms with Crippen LogP contribution in [-0.2, 0) is 0 Å². The number of nitrogens with two attached hydrogens (primary N) is 1. The lowest BCUT2D eigenvalue weighted by molar-refractivity contribution is 0.198. The van der Waals surface area contributed by atoms with E-state index >= 15 is 0 Å². The maximum absolute atomic E-state index is 6.20. The summed E-state index contributed by atoms with van der Waals surface area (Å²) in [7, 11) is 0. The molecule has 16 heavy (non-hydrogen) atoms. The summed E-state index contributed by atoms with van der Waals surface area (Å²) >= 11 is 3.46. The standard InChI is InChI=1S/C12H18BrN3/c1-8(2)16-4-3-11(14)12(16)9-5-10(13)7-15-6-9/h5-8,11-12H,3-4,14H2,1-2H3. The summed E-state index contributed by atoms with van der Waals surface area (Å²) in [5.74, 6) is 0. The molecule has 1 fully saturated rings. The van der Waals surface area contributed by atoms with Crippen molar-refractivity contribution < 1.29 is 0 Å². The van der Waals surface area contributed by atoms with Crippen molar-refractivity contribution in [2.75, 3.05) is 6.54 Å². The minimum absolute atomic E-state index is 0.221. The fourth-order valence-corrected chi connectivity index (χ4v) is 2.83. The average molecular weight is 284 g/mol. The summed E-state index contributed by atoms with van der Waals surface area (Å²) < 4.78 is 1.02. The van der Waals surface area contributed by atoms with Crippen molar-refractivity contribution in [2.24, 2.45) is 5.73 Å². The van der Waals surface area contributed by atoms with E-state index in [1.54, 1.807) is 0 Å². The zero-order valence-electron chi connectivity index (χ0n) is 9.73. The fourth-order valence-electron chi connectivity index (χ4n) is 2.45. The van der Waals surface area contributed by atoms with Crippen LogP contribution in [0.2, 0.25) is 0 Å². The fraction of sp³-hybridized carbons (Fsp3) is 0.583. The first-order valence-corrected chi connectivity index (χ1v) is 6.50. The SMILES string of the molecule is CC(C)N1CCC(N)C1c1cncc(Br)c1. The minimum atomic E-state index is 0.221. The minimum Gasteiger partial charge on any atom is -0.326 e. The van der Waals surface area contributed by atoms with Crippen molar-refractivity contribution >= 4 is 15.9 Å². The molecule has 2 N–H and O–H groups in total. The van der Waals surface area contributed by atoms with Crippen LogP contribution in [0.1, 0.15) is 31.9 Å². The number of hydrogen-bond donors (Lipinski definition) is 1. The van der Waals surface area contributed by atoms with Gasteiger partial charge in [-0.3, -0.25) is 9.88 Å². The highest BCUT2D eigenvalue weighted by atomic mass is 79.9. The van der Waals surface area contributed by atoms with Gasteiger partial charge in [-0.05, 0) is 47.8 Å². The second kappa shape index (κ2) is 4.82. The zero-order chi connectivity index (χ0) is 11.7. The van der Waals surface area contributed by atoms with Gasteiger partial charge in [-0.15, -0.1) is 0 Å². The number of likely N-dealkylation sites (tertiary alicyclic amines) is 1. The third-order valence-corrected chi connectivity index (χ3v) is 3.65. The molecule has 0 radical (unpaired) electrons. The molecule has 0 bridgehead atoms. The van der Waals surface area contributed by atoms with E-state index in [0.29, 0.717) is 12.1 Å². The molecule has 2 rings (SSSR count). The Kier molecular flexibility index (Phi) is 3.62. The number of halogens is 1. The Balaban J connectivity index is 2.30. The lowest BCUT2D eigenvalue weighted by atomic mass is 10.0. The van der Waals surface area contributed by atoms with Gasteiger partial charge in [0.15, 0.2) is 0 Å². The topological polar surface area (TPSA) is 42.1 Å². The predicted octanol–water partition coefficient (Wildman–Crippen LogP) is 2.33. The molecule has 2 atom stereocenters. The second-order valence-electron chi connectivity index (χ2n) is 4.67. The average Bonchev–Trinajstić information content (AvgIpc) is 2.60. The number of hydrogen-bond acceptors (Lipinski definition) is 3. The van der Waals surface area contributed by atoms with Gasteiger partial charge in [-0.1, -0.05) is 0 Å². The number of nitrogens with zero attached hydrogens (tertiary/aromatic N) is 2. The lowest BCUT2D eigenvalue weighted by Gasteiger charge is -2.30. The molecule has 1 aliphatic rings. The Morgan fingerprint density at radius 2 is 2.25 bits per heavy atom. The molecule has 2 heterocycles. The largest absolute Gasteiger partial charge is 0.326 e. The van der Waals surface area contributed by atoms with Crippen molar-refractivity contribution in [1.82, 2.24) is 9.88 Å². The van der Waals surface area contributed by atoms with Crippen LogP contribution < -0.4 is 5.73 Å². The molecule has 0 amide bonds. The normalized spacial score (nSPS) is 26.6. The molecule has 1 aromatic heterocycles. The third kappa shape index (κ3) is 2.29. The molecule has 0 aliphatic carbocycles. The smallest absolute Gasteiger partial charge is 0.0517 e. The van der Waals surface area contributed by atoms with Crippen molar-refractivity contribution in [3.8, 4) is 0 Å². The van der Waals surface area contributed by atoms with E-state index in [-0.39, 0.29) is 6.04 Å². The molecule has 4 heteroatoms. The van der Waals surface area contributed by atoms with Crippen LogP contribution in [0.4, 0.5) is 0 Å². The molecule has 3 nitrogen and oxygen atoms in total. The summed E-state index contributed by atoms with van der Waals surface area (Å²) in [6.45, 7) is 5.52. The predicted molar refractivity (Wildman–Crippen MR) is 69.1 cm³/mol. The summed E-state index contributed by atoms with van der Waals surface area (Å²) in [5, 5.41) is 0. The van der Waals surface area contributed by atoms with Gasteiger partial charge in [-0.25, -0.2) is 0 Å². The van der Waals surface area contributed by atoms with E-state index in [9.17, 15) is 0 Å². The Labute approximate surface area is 105 Å². The van der Waals surface area contributed by atoms with Crippen molar-refractivity contribution in [3.05, 3.63) is 28.5 Å². The summed E-state index contributed by atoms with van der Waals surface area (Å²) in [6, 6.07) is 3.18. The van der Waals surface area contributed by atoms with Gasteiger partial charge < -0.3 is 5.73 Å². The molecule has 0 spiro atoms. The first-order chi connectivity index (χ1) is 7.59. The molecule has 1 saturated heterocycles. The van der Waals surface area contributed by atoms with Crippen LogP contribution in [0, 0.1) is 0 Å². The van der Waals surface area contributed by atoms with Gasteiger partial charge >= 0.3 is 0 Å². The molecular formula is C12H18BrN3. The second-order valence-corrected chi connectivity index (χ2v) is 5.58. The molecular weight excluding hydrogens is 266 g/mol. The number of aromatic nitrogens is 1. The summed E-state index contributed by atoms with van der Waals surface area (Å²) in [4.78, 5) is 6.68. The van der Waals surface area contributed by atoms with Crippen LogP contribution in [-0.4, -0.2) is 28.5 Å². The monoisotopic (exact) mass is 283 g/mol. The third-order valence-electron chi connectivity index (χ3n) is 3.21. The molecule has 0 saturated carbocycles. The van der Waals surface area contributed by atoms with E-state index in [2.05, 4.69) is 45.7 Å². The van der Waals surface area contributed by atoms with Gasteiger partial charge in [0.05, 0.1) is 6.04 Å². The van der Waals surface area contributed by atoms with Crippen LogP contribution in [0.25, 0.3) is 0 Å². The van der Waals surface area contributed by atoms with E-state index < -0.39 is 0 Å². The molecule has 1 aromatic rings. The zero-order valence-corrected chi connectivity index (χ0v) is 11.3.